The number of halogens is 3. The van der Waals surface area contributed by atoms with Gasteiger partial charge in [0.25, 0.3) is 0 Å². The Balaban J connectivity index is 1.96. The highest BCUT2D eigenvalue weighted by molar-refractivity contribution is 9.10. The summed E-state index contributed by atoms with van der Waals surface area (Å²) in [4.78, 5) is 13.5. The van der Waals surface area contributed by atoms with E-state index in [0.29, 0.717) is 11.4 Å². The maximum absolute atomic E-state index is 11.8. The molecule has 2 aromatic carbocycles. The van der Waals surface area contributed by atoms with E-state index in [4.69, 9.17) is 11.6 Å². The van der Waals surface area contributed by atoms with E-state index in [-0.39, 0.29) is 10.7 Å². The van der Waals surface area contributed by atoms with E-state index in [9.17, 15) is 4.79 Å². The number of carbonyl (C=O) groups excluding carboxylic acids is 1. The Morgan fingerprint density at radius 1 is 1.19 bits per heavy atom. The molecule has 0 saturated carbocycles. The number of hydrogen-bond acceptors (Lipinski definition) is 1. The van der Waals surface area contributed by atoms with Crippen LogP contribution in [0, 0.1) is 0 Å². The van der Waals surface area contributed by atoms with Crippen LogP contribution in [-0.4, -0.2) is 13.0 Å². The van der Waals surface area contributed by atoms with Gasteiger partial charge in [-0.05, 0) is 50.8 Å². The van der Waals surface area contributed by atoms with Crippen molar-refractivity contribution in [2.75, 3.05) is 11.9 Å². The van der Waals surface area contributed by atoms with Gasteiger partial charge in [-0.25, -0.2) is 0 Å². The fraction of sp³-hybridized carbons (Fsp3) is 0.188. The van der Waals surface area contributed by atoms with Crippen molar-refractivity contribution < 1.29 is 4.79 Å². The summed E-state index contributed by atoms with van der Waals surface area (Å²) >= 11 is 13.3. The number of likely N-dealkylation sites (N-methyl/N-ethyl adjacent to an activating group) is 1. The molecule has 0 radical (unpaired) electrons. The lowest BCUT2D eigenvalue weighted by atomic mass is 10.0. The number of rotatable bonds is 2. The molecule has 1 amide bonds. The molecule has 1 aliphatic heterocycles. The number of nitrogens with zero attached hydrogens (tertiary/aromatic N) is 1. The van der Waals surface area contributed by atoms with Crippen molar-refractivity contribution in [3.05, 3.63) is 62.6 Å². The Kier molecular flexibility index (Phi) is 4.12. The molecule has 0 N–H and O–H groups in total. The van der Waals surface area contributed by atoms with E-state index in [2.05, 4.69) is 37.9 Å². The summed E-state index contributed by atoms with van der Waals surface area (Å²) in [5, 5.41) is 0.688. The van der Waals surface area contributed by atoms with Crippen molar-refractivity contribution >= 4 is 55.1 Å². The first kappa shape index (κ1) is 15.1. The number of hydrogen-bond donors (Lipinski definition) is 0. The van der Waals surface area contributed by atoms with E-state index in [1.165, 1.54) is 0 Å². The van der Waals surface area contributed by atoms with Crippen molar-refractivity contribution in [1.82, 2.24) is 0 Å². The molecule has 21 heavy (non-hydrogen) atoms. The van der Waals surface area contributed by atoms with Crippen LogP contribution >= 0.6 is 43.5 Å². The molecule has 3 rings (SSSR count). The second kappa shape index (κ2) is 5.75. The Morgan fingerprint density at radius 3 is 2.57 bits per heavy atom. The van der Waals surface area contributed by atoms with Crippen molar-refractivity contribution in [2.24, 2.45) is 0 Å². The molecule has 1 atom stereocenters. The highest BCUT2D eigenvalue weighted by Gasteiger charge is 2.25. The summed E-state index contributed by atoms with van der Waals surface area (Å²) in [7, 11) is 1.81. The van der Waals surface area contributed by atoms with Crippen LogP contribution in [0.25, 0.3) is 0 Å². The maximum atomic E-state index is 11.8. The molecule has 1 aliphatic rings. The van der Waals surface area contributed by atoms with Gasteiger partial charge in [0.2, 0.25) is 5.91 Å². The van der Waals surface area contributed by atoms with Gasteiger partial charge in [0.05, 0.1) is 16.3 Å². The Labute approximate surface area is 145 Å². The van der Waals surface area contributed by atoms with Crippen LogP contribution in [0.5, 0.6) is 0 Å². The van der Waals surface area contributed by atoms with Gasteiger partial charge in [-0.15, -0.1) is 0 Å². The van der Waals surface area contributed by atoms with Crippen LogP contribution < -0.4 is 4.90 Å². The summed E-state index contributed by atoms with van der Waals surface area (Å²) in [5.41, 5.74) is 4.28. The van der Waals surface area contributed by atoms with Crippen molar-refractivity contribution in [3.8, 4) is 0 Å². The second-order valence-corrected chi connectivity index (χ2v) is 7.23. The number of benzene rings is 2. The fourth-order valence-corrected chi connectivity index (χ4v) is 3.52. The van der Waals surface area contributed by atoms with Gasteiger partial charge < -0.3 is 4.90 Å². The van der Waals surface area contributed by atoms with Crippen LogP contribution in [0.3, 0.4) is 0 Å². The quantitative estimate of drug-likeness (QED) is 0.608. The molecule has 0 spiro atoms. The molecule has 0 bridgehead atoms. The van der Waals surface area contributed by atoms with Crippen LogP contribution in [0.15, 0.2) is 40.9 Å². The number of carbonyl (C=O) groups is 1. The van der Waals surface area contributed by atoms with E-state index in [1.807, 2.05) is 37.4 Å². The first-order valence-corrected chi connectivity index (χ1v) is 8.54. The van der Waals surface area contributed by atoms with Gasteiger partial charge in [-0.2, -0.15) is 0 Å². The zero-order valence-corrected chi connectivity index (χ0v) is 15.2. The maximum Gasteiger partial charge on any atom is 0.231 e. The molecule has 1 unspecified atom stereocenters. The molecule has 0 aromatic heterocycles. The SMILES string of the molecule is CN1C(=O)Cc2cc(C(Br)c3ccc(Br)c(Cl)c3)ccc21. The van der Waals surface area contributed by atoms with Gasteiger partial charge in [-0.3, -0.25) is 4.79 Å². The predicted octanol–water partition coefficient (Wildman–Crippen LogP) is 5.11. The average Bonchev–Trinajstić information content (AvgIpc) is 2.76. The number of amides is 1. The van der Waals surface area contributed by atoms with Crippen molar-refractivity contribution in [1.29, 1.82) is 0 Å². The zero-order chi connectivity index (χ0) is 15.1. The van der Waals surface area contributed by atoms with E-state index >= 15 is 0 Å². The largest absolute Gasteiger partial charge is 0.315 e. The van der Waals surface area contributed by atoms with Crippen molar-refractivity contribution in [3.63, 3.8) is 0 Å². The standard InChI is InChI=1S/C16H12Br2ClNO/c1-20-14-5-3-9(6-11(14)8-15(20)21)16(18)10-2-4-12(17)13(19)7-10/h2-7,16H,8H2,1H3. The first-order chi connectivity index (χ1) is 9.97. The normalized spacial score (nSPS) is 15.2. The van der Waals surface area contributed by atoms with E-state index < -0.39 is 0 Å². The molecule has 0 aliphatic carbocycles. The summed E-state index contributed by atoms with van der Waals surface area (Å²) in [5.74, 6) is 0.139. The first-order valence-electron chi connectivity index (χ1n) is 6.46. The van der Waals surface area contributed by atoms with Gasteiger partial charge >= 0.3 is 0 Å². The molecular formula is C16H12Br2ClNO. The summed E-state index contributed by atoms with van der Waals surface area (Å²) in [6.07, 6.45) is 0.473. The smallest absolute Gasteiger partial charge is 0.231 e. The Bertz CT molecular complexity index is 732. The molecule has 108 valence electrons. The zero-order valence-electron chi connectivity index (χ0n) is 11.2. The van der Waals surface area contributed by atoms with E-state index in [1.54, 1.807) is 4.90 Å². The topological polar surface area (TPSA) is 20.3 Å². The number of anilines is 1. The lowest BCUT2D eigenvalue weighted by Gasteiger charge is -2.14. The fourth-order valence-electron chi connectivity index (χ4n) is 2.51. The molecular weight excluding hydrogens is 417 g/mol. The van der Waals surface area contributed by atoms with E-state index in [0.717, 1.165) is 26.9 Å². The number of fused-ring (bicyclic) bond motifs is 1. The van der Waals surface area contributed by atoms with Gasteiger partial charge in [0, 0.05) is 17.2 Å². The molecule has 2 aromatic rings. The van der Waals surface area contributed by atoms with Crippen LogP contribution in [0.4, 0.5) is 5.69 Å². The third-order valence-corrected chi connectivity index (χ3v) is 6.00. The molecule has 2 nitrogen and oxygen atoms in total. The molecule has 0 fully saturated rings. The Hall–Kier alpha value is -0.840. The predicted molar refractivity (Wildman–Crippen MR) is 93.5 cm³/mol. The Morgan fingerprint density at radius 2 is 1.86 bits per heavy atom. The number of alkyl halides is 1. The average molecular weight is 430 g/mol. The van der Waals surface area contributed by atoms with Crippen LogP contribution in [-0.2, 0) is 11.2 Å². The van der Waals surface area contributed by atoms with Gasteiger partial charge in [0.1, 0.15) is 0 Å². The monoisotopic (exact) mass is 427 g/mol. The lowest BCUT2D eigenvalue weighted by Crippen LogP contribution is -2.20. The summed E-state index contributed by atoms with van der Waals surface area (Å²) in [6.45, 7) is 0. The van der Waals surface area contributed by atoms with Gasteiger partial charge in [0.15, 0.2) is 0 Å². The van der Waals surface area contributed by atoms with Crippen LogP contribution in [0.2, 0.25) is 5.02 Å². The summed E-state index contributed by atoms with van der Waals surface area (Å²) in [6, 6.07) is 12.0. The minimum Gasteiger partial charge on any atom is -0.315 e. The van der Waals surface area contributed by atoms with Crippen molar-refractivity contribution in [2.45, 2.75) is 11.2 Å². The second-order valence-electron chi connectivity index (χ2n) is 5.05. The molecule has 5 heteroatoms. The third-order valence-electron chi connectivity index (χ3n) is 3.71. The minimum absolute atomic E-state index is 0.0504. The minimum atomic E-state index is 0.0504. The molecule has 0 saturated heterocycles. The molecule has 1 heterocycles. The third kappa shape index (κ3) is 2.77. The highest BCUT2D eigenvalue weighted by atomic mass is 79.9. The summed E-state index contributed by atoms with van der Waals surface area (Å²) < 4.78 is 0.883. The highest BCUT2D eigenvalue weighted by Crippen LogP contribution is 2.37. The van der Waals surface area contributed by atoms with Gasteiger partial charge in [-0.1, -0.05) is 45.7 Å². The van der Waals surface area contributed by atoms with Crippen LogP contribution in [0.1, 0.15) is 21.5 Å². The lowest BCUT2D eigenvalue weighted by molar-refractivity contribution is -0.117.